The molecule has 8 aliphatic rings. The number of benzene rings is 9. The average molecular weight is 2080 g/mol. The molecule has 0 unspecified atom stereocenters. The van der Waals surface area contributed by atoms with E-state index in [9.17, 15) is 30.6 Å². The van der Waals surface area contributed by atoms with Gasteiger partial charge in [-0.25, -0.2) is 0 Å². The number of hydrogen-bond donors (Lipinski definition) is 6. The third kappa shape index (κ3) is 26.9. The number of phenols is 6. The largest absolute Gasteiger partial charge is 0.507 e. The quantitative estimate of drug-likeness (QED) is 0.0171. The van der Waals surface area contributed by atoms with Crippen LogP contribution >= 0.6 is 0 Å². The Morgan fingerprint density at radius 2 is 0.479 bits per heavy atom. The van der Waals surface area contributed by atoms with E-state index < -0.39 is 0 Å². The van der Waals surface area contributed by atoms with Gasteiger partial charge in [0.25, 0.3) is 0 Å². The first kappa shape index (κ1) is 122. The summed E-state index contributed by atoms with van der Waals surface area (Å²) in [6.07, 6.45) is 38.3. The van der Waals surface area contributed by atoms with Crippen LogP contribution in [0.3, 0.4) is 0 Å². The molecule has 0 amide bonds. The van der Waals surface area contributed by atoms with Crippen molar-refractivity contribution < 1.29 is 81.0 Å². The molecular formula is C129H177Co3N6O6-3. The third-order valence-electron chi connectivity index (χ3n) is 35.3. The minimum Gasteiger partial charge on any atom is -0.507 e. The number of aromatic hydroxyl groups is 6. The van der Waals surface area contributed by atoms with Gasteiger partial charge in [-0.2, -0.15) is 0 Å². The molecule has 8 saturated carbocycles. The van der Waals surface area contributed by atoms with Crippen LogP contribution in [0.15, 0.2) is 176 Å². The Bertz CT molecular complexity index is 5480. The van der Waals surface area contributed by atoms with Crippen LogP contribution in [0.2, 0.25) is 0 Å². The van der Waals surface area contributed by atoms with Crippen molar-refractivity contribution in [1.82, 2.24) is 0 Å². The van der Waals surface area contributed by atoms with E-state index in [4.69, 9.17) is 30.0 Å². The van der Waals surface area contributed by atoms with E-state index in [1.54, 1.807) is 24.9 Å². The van der Waals surface area contributed by atoms with E-state index in [-0.39, 0.29) is 105 Å². The summed E-state index contributed by atoms with van der Waals surface area (Å²) >= 11 is 0. The molecule has 0 aliphatic heterocycles. The average Bonchev–Trinajstić information content (AvgIpc) is 0.751. The summed E-state index contributed by atoms with van der Waals surface area (Å²) in [5, 5.41) is 69.3. The smallest absolute Gasteiger partial charge is 0.128 e. The molecular weight excluding hydrogens is 1910 g/mol. The number of para-hydroxylation sites is 6. The molecule has 15 heteroatoms. The fourth-order valence-corrected chi connectivity index (χ4v) is 25.9. The summed E-state index contributed by atoms with van der Waals surface area (Å²) in [6.45, 7) is 52.9. The van der Waals surface area contributed by atoms with Crippen molar-refractivity contribution in [2.45, 2.75) is 365 Å². The van der Waals surface area contributed by atoms with Crippen LogP contribution in [0, 0.1) is 95.3 Å². The monoisotopic (exact) mass is 2080 g/mol. The van der Waals surface area contributed by atoms with Crippen LogP contribution < -0.4 is 0 Å². The molecule has 0 atom stereocenters. The fraction of sp³-hybridized carbons (Fsp3) is 0.512. The topological polar surface area (TPSA) is 196 Å². The molecule has 8 bridgehead atoms. The molecule has 12 nitrogen and oxygen atoms in total. The van der Waals surface area contributed by atoms with Crippen LogP contribution in [0.4, 0.5) is 34.1 Å². The summed E-state index contributed by atoms with van der Waals surface area (Å²) in [4.78, 5) is 29.2. The number of hydrogen-bond acceptors (Lipinski definition) is 12. The summed E-state index contributed by atoms with van der Waals surface area (Å²) in [6, 6.07) is 49.0. The molecule has 9 aromatic carbocycles. The molecule has 789 valence electrons. The van der Waals surface area contributed by atoms with Crippen molar-refractivity contribution in [1.29, 1.82) is 0 Å². The molecule has 8 fully saturated rings. The Balaban J connectivity index is 0.000000291. The minimum absolute atomic E-state index is 0. The van der Waals surface area contributed by atoms with Crippen molar-refractivity contribution in [3.05, 3.63) is 268 Å². The van der Waals surface area contributed by atoms with Gasteiger partial charge in [0.05, 0.1) is 34.1 Å². The summed E-state index contributed by atoms with van der Waals surface area (Å²) < 4.78 is 0. The van der Waals surface area contributed by atoms with Crippen molar-refractivity contribution in [2.24, 2.45) is 89.1 Å². The molecule has 0 spiro atoms. The molecule has 0 saturated heterocycles. The molecule has 0 heterocycles. The van der Waals surface area contributed by atoms with Crippen LogP contribution in [0.1, 0.15) is 406 Å². The van der Waals surface area contributed by atoms with Gasteiger partial charge in [0, 0.05) is 143 Å². The maximum Gasteiger partial charge on any atom is 0.128 e. The Hall–Kier alpha value is -8.68. The van der Waals surface area contributed by atoms with Crippen molar-refractivity contribution in [3.8, 4) is 34.5 Å². The number of aryl methyl sites for hydroxylation is 2. The van der Waals surface area contributed by atoms with Crippen LogP contribution in [0.25, 0.3) is 0 Å². The maximum absolute atomic E-state index is 11.8. The number of rotatable bonds is 34. The van der Waals surface area contributed by atoms with Gasteiger partial charge in [0.2, 0.25) is 0 Å². The van der Waals surface area contributed by atoms with Gasteiger partial charge in [-0.1, -0.05) is 225 Å². The second-order valence-electron chi connectivity index (χ2n) is 45.4. The first-order chi connectivity index (χ1) is 65.8. The molecule has 17 rings (SSSR count). The number of nitrogens with zero attached hydrogens (tertiary/aromatic N) is 6. The first-order valence-corrected chi connectivity index (χ1v) is 53.5. The van der Waals surface area contributed by atoms with Gasteiger partial charge >= 0.3 is 0 Å². The third-order valence-corrected chi connectivity index (χ3v) is 35.3. The molecule has 8 aliphatic carbocycles. The van der Waals surface area contributed by atoms with E-state index in [2.05, 4.69) is 227 Å². The van der Waals surface area contributed by atoms with Crippen LogP contribution in [0.5, 0.6) is 34.5 Å². The second kappa shape index (κ2) is 52.5. The maximum atomic E-state index is 11.8. The Labute approximate surface area is 901 Å². The zero-order chi connectivity index (χ0) is 99.7. The van der Waals surface area contributed by atoms with Gasteiger partial charge in [-0.05, 0) is 389 Å². The van der Waals surface area contributed by atoms with Crippen molar-refractivity contribution >= 4 is 71.4 Å². The predicted octanol–water partition coefficient (Wildman–Crippen LogP) is 35.7. The molecule has 0 aromatic heterocycles. The normalized spacial score (nSPS) is 19.7. The summed E-state index contributed by atoms with van der Waals surface area (Å²) in [5.74, 6) is 11.1. The number of aliphatic imine (C=N–C) groups is 6. The van der Waals surface area contributed by atoms with Crippen LogP contribution in [-0.4, -0.2) is 67.9 Å². The van der Waals surface area contributed by atoms with Gasteiger partial charge in [0.1, 0.15) is 34.5 Å². The Morgan fingerprint density at radius 1 is 0.278 bits per heavy atom. The summed E-state index contributed by atoms with van der Waals surface area (Å²) in [7, 11) is 0. The van der Waals surface area contributed by atoms with E-state index in [0.29, 0.717) is 92.0 Å². The van der Waals surface area contributed by atoms with Crippen molar-refractivity contribution in [2.75, 3.05) is 0 Å². The second-order valence-corrected chi connectivity index (χ2v) is 45.4. The Kier molecular flexibility index (Phi) is 44.5. The molecule has 9 aromatic rings. The first-order valence-electron chi connectivity index (χ1n) is 53.5. The Morgan fingerprint density at radius 3 is 0.681 bits per heavy atom. The minimum atomic E-state index is -0.0733. The van der Waals surface area contributed by atoms with Gasteiger partial charge in [0.15, 0.2) is 0 Å². The zero-order valence-electron chi connectivity index (χ0n) is 92.6. The van der Waals surface area contributed by atoms with E-state index >= 15 is 0 Å². The van der Waals surface area contributed by atoms with E-state index in [1.165, 1.54) is 86.5 Å². The fourth-order valence-electron chi connectivity index (χ4n) is 25.9. The van der Waals surface area contributed by atoms with Crippen LogP contribution in [-0.2, 0) is 95.7 Å². The van der Waals surface area contributed by atoms with Gasteiger partial charge in [-0.15, -0.1) is 0 Å². The van der Waals surface area contributed by atoms with E-state index in [1.807, 2.05) is 97.4 Å². The standard InChI is InChI=1S/C50H64N2O2.C40H56N2O2.C36H48N2O2.3CH3.3Co/c1-49(2,3)41-21-37(25-43-33-13-29-11-30(15-33)16-34(43)14-29)47(53)39(23-41)27-51-45-9-7-8-10-46(45)52-28-40-24-42(50(4,5)6)22-38(48(40)54)26-44-35-17-31-12-32(19-35)20-36(44)18-31;1-11-39(12-2,13-3)33-23-29(27(7)8)21-31(37(33)43)25-41-35-19-17-18-20-36(35)42-26-32-22-30(28(9)10)24-34(38(32)44)40(14-4,15-5)16-6;1-9-35(10-2,11-3)29-21-25(7)19-27(33(29)39)23-37-31-17-15-16-18-32(31)38-24-28-20-26(8)22-30(34(28)40)36(12-4,13-5)14-6;;;;;;/h7-10,21-24,27-36,43-44,53-54H,11-20,25-26H2,1-6H3;17-28,43-44H,11-16H2,1-10H3;15-24,39-40H,9-14H2,1-8H3;3*1H3;;;/q;;;3*-1;;;. The van der Waals surface area contributed by atoms with Crippen molar-refractivity contribution in [3.63, 3.8) is 0 Å². The number of phenolic OH excluding ortho intramolecular Hbond substituents is 6. The van der Waals surface area contributed by atoms with Gasteiger partial charge in [-0.3, -0.25) is 30.0 Å². The summed E-state index contributed by atoms with van der Waals surface area (Å²) in [5.41, 5.74) is 21.7. The SMILES string of the molecule is CC(C)(C)c1cc(C=Nc2ccccc2N=Cc2cc(C(C)(C)C)cc(CC3C4CC5CC(C4)CC3C5)c2O)c(O)c(CC2C3CC4CC(C3)CC2C4)c1.CCC(CC)(CC)c1cc(C(C)C)cc(C=Nc2ccccc2N=Cc2cc(C(C)C)cc(C(CC)(CC)CC)c2O)c1O.CCC(CC)(CC)c1cc(C)cc(C=Nc2ccccc2N=Cc2cc(C)cc(C(CC)(CC)CC)c2O)c1O.[CH3-].[CH3-].[CH3-].[Co].[Co].[Co]. The zero-order valence-corrected chi connectivity index (χ0v) is 95.7. The molecule has 144 heavy (non-hydrogen) atoms. The predicted molar refractivity (Wildman–Crippen MR) is 604 cm³/mol. The molecule has 6 N–H and O–H groups in total. The molecule has 3 radical (unpaired) electrons. The van der Waals surface area contributed by atoms with Gasteiger partial charge < -0.3 is 52.9 Å². The van der Waals surface area contributed by atoms with E-state index in [0.717, 1.165) is 215 Å².